The third-order valence-electron chi connectivity index (χ3n) is 2.14. The van der Waals surface area contributed by atoms with E-state index in [0.29, 0.717) is 17.2 Å². The van der Waals surface area contributed by atoms with Crippen LogP contribution in [-0.2, 0) is 0 Å². The first kappa shape index (κ1) is 11.7. The van der Waals surface area contributed by atoms with Gasteiger partial charge in [0.1, 0.15) is 6.07 Å². The van der Waals surface area contributed by atoms with Crippen molar-refractivity contribution in [2.24, 2.45) is 0 Å². The molecule has 1 aromatic heterocycles. The molecule has 0 aliphatic heterocycles. The van der Waals surface area contributed by atoms with Gasteiger partial charge in [0.2, 0.25) is 5.88 Å². The fraction of sp³-hybridized carbons (Fsp3) is 0.0833. The van der Waals surface area contributed by atoms with Gasteiger partial charge < -0.3 is 15.2 Å². The summed E-state index contributed by atoms with van der Waals surface area (Å²) in [5, 5.41) is 8.61. The van der Waals surface area contributed by atoms with Gasteiger partial charge in [-0.15, -0.1) is 0 Å². The molecule has 2 N–H and O–H groups in total. The van der Waals surface area contributed by atoms with Gasteiger partial charge in [-0.25, -0.2) is 9.97 Å². The van der Waals surface area contributed by atoms with Crippen LogP contribution in [0.25, 0.3) is 0 Å². The number of methoxy groups -OCH3 is 1. The van der Waals surface area contributed by atoms with Crippen molar-refractivity contribution >= 4 is 5.69 Å². The second kappa shape index (κ2) is 5.01. The van der Waals surface area contributed by atoms with Gasteiger partial charge in [-0.2, -0.15) is 5.26 Å². The molecular formula is C12H10N4O2. The minimum absolute atomic E-state index is 0.224. The Balaban J connectivity index is 2.27. The quantitative estimate of drug-likeness (QED) is 0.823. The molecule has 2 rings (SSSR count). The van der Waals surface area contributed by atoms with E-state index < -0.39 is 0 Å². The highest BCUT2D eigenvalue weighted by Crippen LogP contribution is 2.32. The molecule has 2 aromatic rings. The van der Waals surface area contributed by atoms with Crippen LogP contribution in [0.5, 0.6) is 17.4 Å². The molecule has 0 spiro atoms. The standard InChI is InChI=1S/C12H10N4O2/c1-17-10-3-2-8(14)4-11(10)18-12-7-15-9(5-13)6-16-12/h2-4,6-7H,14H2,1H3. The minimum atomic E-state index is 0.224. The summed E-state index contributed by atoms with van der Waals surface area (Å²) in [6.45, 7) is 0. The molecule has 0 unspecified atom stereocenters. The molecule has 0 saturated carbocycles. The number of benzene rings is 1. The van der Waals surface area contributed by atoms with Crippen molar-refractivity contribution in [3.05, 3.63) is 36.3 Å². The second-order valence-electron chi connectivity index (χ2n) is 3.36. The maximum Gasteiger partial charge on any atom is 0.238 e. The van der Waals surface area contributed by atoms with Gasteiger partial charge in [0.25, 0.3) is 0 Å². The van der Waals surface area contributed by atoms with Gasteiger partial charge in [-0.05, 0) is 12.1 Å². The number of anilines is 1. The van der Waals surface area contributed by atoms with Crippen LogP contribution in [0.1, 0.15) is 5.69 Å². The number of nitrogens with two attached hydrogens (primary N) is 1. The lowest BCUT2D eigenvalue weighted by atomic mass is 10.3. The highest BCUT2D eigenvalue weighted by Gasteiger charge is 2.07. The van der Waals surface area contributed by atoms with Crippen molar-refractivity contribution in [2.45, 2.75) is 0 Å². The van der Waals surface area contributed by atoms with Gasteiger partial charge in [-0.1, -0.05) is 0 Å². The lowest BCUT2D eigenvalue weighted by molar-refractivity contribution is 0.373. The van der Waals surface area contributed by atoms with Crippen molar-refractivity contribution in [3.63, 3.8) is 0 Å². The first-order valence-corrected chi connectivity index (χ1v) is 5.06. The normalized spacial score (nSPS) is 9.56. The highest BCUT2D eigenvalue weighted by molar-refractivity contribution is 5.52. The summed E-state index contributed by atoms with van der Waals surface area (Å²) < 4.78 is 10.6. The van der Waals surface area contributed by atoms with Crippen LogP contribution in [0.2, 0.25) is 0 Å². The molecule has 0 saturated heterocycles. The van der Waals surface area contributed by atoms with Crippen molar-refractivity contribution in [3.8, 4) is 23.4 Å². The average Bonchev–Trinajstić information content (AvgIpc) is 2.40. The van der Waals surface area contributed by atoms with E-state index in [9.17, 15) is 0 Å². The van der Waals surface area contributed by atoms with Crippen molar-refractivity contribution in [1.82, 2.24) is 9.97 Å². The first-order chi connectivity index (χ1) is 8.72. The van der Waals surface area contributed by atoms with E-state index >= 15 is 0 Å². The zero-order valence-electron chi connectivity index (χ0n) is 9.62. The molecule has 1 heterocycles. The summed E-state index contributed by atoms with van der Waals surface area (Å²) in [6.07, 6.45) is 2.69. The lowest BCUT2D eigenvalue weighted by Crippen LogP contribution is -1.95. The molecule has 0 fully saturated rings. The van der Waals surface area contributed by atoms with E-state index in [1.807, 2.05) is 6.07 Å². The van der Waals surface area contributed by atoms with Crippen molar-refractivity contribution < 1.29 is 9.47 Å². The monoisotopic (exact) mass is 242 g/mol. The summed E-state index contributed by atoms with van der Waals surface area (Å²) in [6, 6.07) is 6.90. The van der Waals surface area contributed by atoms with Crippen molar-refractivity contribution in [2.75, 3.05) is 12.8 Å². The molecular weight excluding hydrogens is 232 g/mol. The largest absolute Gasteiger partial charge is 0.493 e. The Labute approximate surface area is 104 Å². The van der Waals surface area contributed by atoms with E-state index in [1.165, 1.54) is 19.5 Å². The average molecular weight is 242 g/mol. The number of nitrogen functional groups attached to an aromatic ring is 1. The van der Waals surface area contributed by atoms with Gasteiger partial charge in [0.05, 0.1) is 19.5 Å². The van der Waals surface area contributed by atoms with Crippen LogP contribution in [0.4, 0.5) is 5.69 Å². The summed E-state index contributed by atoms with van der Waals surface area (Å²) in [4.78, 5) is 7.80. The highest BCUT2D eigenvalue weighted by atomic mass is 16.5. The summed E-state index contributed by atoms with van der Waals surface area (Å²) >= 11 is 0. The first-order valence-electron chi connectivity index (χ1n) is 5.06. The minimum Gasteiger partial charge on any atom is -0.493 e. The molecule has 0 bridgehead atoms. The fourth-order valence-corrected chi connectivity index (χ4v) is 1.31. The Morgan fingerprint density at radius 2 is 2.06 bits per heavy atom. The zero-order chi connectivity index (χ0) is 13.0. The van der Waals surface area contributed by atoms with Gasteiger partial charge in [0, 0.05) is 11.8 Å². The SMILES string of the molecule is COc1ccc(N)cc1Oc1cnc(C#N)cn1. The van der Waals surface area contributed by atoms with E-state index in [1.54, 1.807) is 18.2 Å². The van der Waals surface area contributed by atoms with Crippen LogP contribution in [0, 0.1) is 11.3 Å². The molecule has 0 aliphatic carbocycles. The number of hydrogen-bond acceptors (Lipinski definition) is 6. The van der Waals surface area contributed by atoms with Gasteiger partial charge >= 0.3 is 0 Å². The fourth-order valence-electron chi connectivity index (χ4n) is 1.31. The maximum atomic E-state index is 8.61. The Morgan fingerprint density at radius 1 is 1.22 bits per heavy atom. The summed E-state index contributed by atoms with van der Waals surface area (Å²) in [5.74, 6) is 1.24. The van der Waals surface area contributed by atoms with E-state index in [0.717, 1.165) is 0 Å². The number of nitrogens with zero attached hydrogens (tertiary/aromatic N) is 3. The number of rotatable bonds is 3. The van der Waals surface area contributed by atoms with E-state index in [-0.39, 0.29) is 11.6 Å². The van der Waals surface area contributed by atoms with Crippen LogP contribution in [0.3, 0.4) is 0 Å². The molecule has 0 aliphatic rings. The predicted molar refractivity (Wildman–Crippen MR) is 64.2 cm³/mol. The second-order valence-corrected chi connectivity index (χ2v) is 3.36. The zero-order valence-corrected chi connectivity index (χ0v) is 9.62. The third kappa shape index (κ3) is 2.47. The Morgan fingerprint density at radius 3 is 2.67 bits per heavy atom. The molecule has 18 heavy (non-hydrogen) atoms. The lowest BCUT2D eigenvalue weighted by Gasteiger charge is -2.09. The molecule has 0 radical (unpaired) electrons. The smallest absolute Gasteiger partial charge is 0.238 e. The molecule has 6 nitrogen and oxygen atoms in total. The number of hydrogen-bond donors (Lipinski definition) is 1. The number of ether oxygens (including phenoxy) is 2. The Kier molecular flexibility index (Phi) is 3.25. The van der Waals surface area contributed by atoms with Crippen LogP contribution < -0.4 is 15.2 Å². The molecule has 0 atom stereocenters. The van der Waals surface area contributed by atoms with Gasteiger partial charge in [0.15, 0.2) is 17.2 Å². The van der Waals surface area contributed by atoms with Crippen LogP contribution >= 0.6 is 0 Å². The van der Waals surface area contributed by atoms with Crippen LogP contribution in [-0.4, -0.2) is 17.1 Å². The maximum absolute atomic E-state index is 8.61. The number of aromatic nitrogens is 2. The number of nitriles is 1. The predicted octanol–water partition coefficient (Wildman–Crippen LogP) is 1.73. The Bertz CT molecular complexity index is 590. The van der Waals surface area contributed by atoms with E-state index in [2.05, 4.69) is 9.97 Å². The Hall–Kier alpha value is -2.81. The van der Waals surface area contributed by atoms with E-state index in [4.69, 9.17) is 20.5 Å². The van der Waals surface area contributed by atoms with Crippen molar-refractivity contribution in [1.29, 1.82) is 5.26 Å². The third-order valence-corrected chi connectivity index (χ3v) is 2.14. The van der Waals surface area contributed by atoms with Gasteiger partial charge in [-0.3, -0.25) is 0 Å². The molecule has 6 heteroatoms. The summed E-state index contributed by atoms with van der Waals surface area (Å²) in [7, 11) is 1.53. The van der Waals surface area contributed by atoms with Crippen LogP contribution in [0.15, 0.2) is 30.6 Å². The topological polar surface area (TPSA) is 94.0 Å². The summed E-state index contributed by atoms with van der Waals surface area (Å²) in [5.41, 5.74) is 6.44. The molecule has 90 valence electrons. The molecule has 1 aromatic carbocycles. The molecule has 0 amide bonds.